The molecule has 0 spiro atoms. The minimum atomic E-state index is -0.445. The molecule has 0 radical (unpaired) electrons. The van der Waals surface area contributed by atoms with E-state index in [2.05, 4.69) is 20.5 Å². The second kappa shape index (κ2) is 5.52. The first-order valence-electron chi connectivity index (χ1n) is 6.97. The van der Waals surface area contributed by atoms with Crippen molar-refractivity contribution in [3.8, 4) is 5.95 Å². The molecule has 1 amide bonds. The zero-order valence-corrected chi connectivity index (χ0v) is 12.5. The monoisotopic (exact) mass is 314 g/mol. The minimum absolute atomic E-state index is 0.171. The molecule has 0 saturated carbocycles. The Bertz CT molecular complexity index is 999. The highest BCUT2D eigenvalue weighted by molar-refractivity contribution is 5.85. The lowest BCUT2D eigenvalue weighted by molar-refractivity contribution is -0.116. The lowest BCUT2D eigenvalue weighted by atomic mass is 10.2. The van der Waals surface area contributed by atoms with Crippen LogP contribution in [0.2, 0.25) is 0 Å². The van der Waals surface area contributed by atoms with Crippen LogP contribution in [0.5, 0.6) is 0 Å². The summed E-state index contributed by atoms with van der Waals surface area (Å²) in [6.07, 6.45) is 3.24. The van der Waals surface area contributed by atoms with Gasteiger partial charge in [-0.05, 0) is 13.0 Å². The summed E-state index contributed by atoms with van der Waals surface area (Å²) >= 11 is 0. The molecule has 0 bridgehead atoms. The summed E-state index contributed by atoms with van der Waals surface area (Å²) < 4.78 is 2.22. The van der Waals surface area contributed by atoms with Gasteiger partial charge in [0.05, 0.1) is 16.6 Å². The zero-order valence-electron chi connectivity index (χ0n) is 12.5. The summed E-state index contributed by atoms with van der Waals surface area (Å²) in [4.78, 5) is 44.3. The van der Waals surface area contributed by atoms with Crippen molar-refractivity contribution in [2.24, 2.45) is 0 Å². The maximum Gasteiger partial charge on any atom is 0.283 e. The number of H-pyrrole nitrogens is 1. The van der Waals surface area contributed by atoms with Crippen molar-refractivity contribution in [3.05, 3.63) is 50.9 Å². The molecule has 3 rings (SSSR count). The van der Waals surface area contributed by atoms with Crippen molar-refractivity contribution in [3.63, 3.8) is 0 Å². The molecule has 0 aromatic carbocycles. The average molecular weight is 314 g/mol. The maximum absolute atomic E-state index is 12.6. The maximum atomic E-state index is 12.6. The molecule has 0 atom stereocenters. The standard InChI is InChI=1S/C14H14N6O3/c1-3-10(21)18-19-8(2)12-9(7-11(19)22)17-20(13(12)23)14-15-5-4-6-16-14/h4-7,17H,3H2,1-2H3,(H,18,21). The fraction of sp³-hybridized carbons (Fsp3) is 0.214. The van der Waals surface area contributed by atoms with E-state index >= 15 is 0 Å². The Morgan fingerprint density at radius 3 is 2.65 bits per heavy atom. The molecule has 0 unspecified atom stereocenters. The SMILES string of the molecule is CCC(=O)Nn1c(C)c2c(=O)n(-c3ncccn3)[nH]c2cc1=O. The number of pyridine rings is 1. The van der Waals surface area contributed by atoms with Crippen LogP contribution in [-0.2, 0) is 4.79 Å². The van der Waals surface area contributed by atoms with Crippen LogP contribution in [0.4, 0.5) is 0 Å². The molecule has 9 heteroatoms. The van der Waals surface area contributed by atoms with E-state index in [4.69, 9.17) is 0 Å². The third kappa shape index (κ3) is 2.41. The molecule has 3 aromatic rings. The second-order valence-electron chi connectivity index (χ2n) is 4.88. The number of aromatic amines is 1. The normalized spacial score (nSPS) is 10.9. The van der Waals surface area contributed by atoms with Gasteiger partial charge in [-0.1, -0.05) is 6.92 Å². The fourth-order valence-electron chi connectivity index (χ4n) is 2.26. The Morgan fingerprint density at radius 2 is 2.00 bits per heavy atom. The Morgan fingerprint density at radius 1 is 1.30 bits per heavy atom. The largest absolute Gasteiger partial charge is 0.287 e. The van der Waals surface area contributed by atoms with Crippen molar-refractivity contribution in [1.29, 1.82) is 0 Å². The molecule has 2 N–H and O–H groups in total. The Labute approximate surface area is 129 Å². The Kier molecular flexibility index (Phi) is 3.53. The van der Waals surface area contributed by atoms with E-state index in [0.29, 0.717) is 11.2 Å². The van der Waals surface area contributed by atoms with Crippen LogP contribution in [0, 0.1) is 6.92 Å². The first-order chi connectivity index (χ1) is 11.0. The van der Waals surface area contributed by atoms with Gasteiger partial charge >= 0.3 is 0 Å². The lowest BCUT2D eigenvalue weighted by Gasteiger charge is -2.10. The van der Waals surface area contributed by atoms with Crippen LogP contribution in [0.25, 0.3) is 16.9 Å². The quantitative estimate of drug-likeness (QED) is 0.709. The summed E-state index contributed by atoms with van der Waals surface area (Å²) in [5, 5.41) is 3.10. The summed E-state index contributed by atoms with van der Waals surface area (Å²) in [5.74, 6) is -0.151. The van der Waals surface area contributed by atoms with Crippen molar-refractivity contribution in [1.82, 2.24) is 24.4 Å². The van der Waals surface area contributed by atoms with E-state index in [-0.39, 0.29) is 23.7 Å². The van der Waals surface area contributed by atoms with E-state index < -0.39 is 11.1 Å². The predicted octanol–water partition coefficient (Wildman–Crippen LogP) is 0.0590. The molecule has 23 heavy (non-hydrogen) atoms. The third-order valence-corrected chi connectivity index (χ3v) is 3.41. The van der Waals surface area contributed by atoms with Gasteiger partial charge in [0.1, 0.15) is 0 Å². The first-order valence-corrected chi connectivity index (χ1v) is 6.97. The predicted molar refractivity (Wildman–Crippen MR) is 83.1 cm³/mol. The summed E-state index contributed by atoms with van der Waals surface area (Å²) in [6, 6.07) is 2.88. The number of aryl methyl sites for hydroxylation is 1. The number of aromatic nitrogens is 5. The Balaban J connectivity index is 2.26. The molecule has 9 nitrogen and oxygen atoms in total. The highest BCUT2D eigenvalue weighted by Gasteiger charge is 2.16. The lowest BCUT2D eigenvalue weighted by Crippen LogP contribution is -2.34. The highest BCUT2D eigenvalue weighted by atomic mass is 16.2. The molecule has 0 fully saturated rings. The molecule has 3 heterocycles. The summed E-state index contributed by atoms with van der Waals surface area (Å²) in [5.41, 5.74) is 2.32. The van der Waals surface area contributed by atoms with E-state index in [0.717, 1.165) is 9.36 Å². The van der Waals surface area contributed by atoms with Crippen molar-refractivity contribution < 1.29 is 4.79 Å². The van der Waals surface area contributed by atoms with Gasteiger partial charge in [-0.2, -0.15) is 4.68 Å². The number of hydrogen-bond donors (Lipinski definition) is 2. The number of rotatable bonds is 3. The van der Waals surface area contributed by atoms with Gasteiger partial charge in [-0.3, -0.25) is 24.9 Å². The number of nitrogens with zero attached hydrogens (tertiary/aromatic N) is 4. The van der Waals surface area contributed by atoms with Crippen LogP contribution < -0.4 is 16.5 Å². The number of fused-ring (bicyclic) bond motifs is 1. The molecule has 0 aliphatic rings. The van der Waals surface area contributed by atoms with Gasteiger partial charge in [-0.15, -0.1) is 0 Å². The average Bonchev–Trinajstić information content (AvgIpc) is 2.88. The second-order valence-corrected chi connectivity index (χ2v) is 4.88. The smallest absolute Gasteiger partial charge is 0.283 e. The third-order valence-electron chi connectivity index (χ3n) is 3.41. The molecule has 118 valence electrons. The van der Waals surface area contributed by atoms with Crippen LogP contribution in [-0.4, -0.2) is 30.3 Å². The topological polar surface area (TPSA) is 115 Å². The van der Waals surface area contributed by atoms with Crippen LogP contribution >= 0.6 is 0 Å². The van der Waals surface area contributed by atoms with Gasteiger partial charge in [0.15, 0.2) is 0 Å². The van der Waals surface area contributed by atoms with E-state index in [1.165, 1.54) is 18.5 Å². The van der Waals surface area contributed by atoms with Gasteiger partial charge in [0.25, 0.3) is 17.1 Å². The summed E-state index contributed by atoms with van der Waals surface area (Å²) in [6.45, 7) is 3.26. The number of hydrogen-bond acceptors (Lipinski definition) is 5. The fourth-order valence-corrected chi connectivity index (χ4v) is 2.26. The van der Waals surface area contributed by atoms with Crippen LogP contribution in [0.3, 0.4) is 0 Å². The molecular weight excluding hydrogens is 300 g/mol. The molecular formula is C14H14N6O3. The first kappa shape index (κ1) is 14.7. The number of nitrogens with one attached hydrogen (secondary N) is 2. The number of carbonyl (C=O) groups excluding carboxylic acids is 1. The van der Waals surface area contributed by atoms with Gasteiger partial charge < -0.3 is 0 Å². The van der Waals surface area contributed by atoms with E-state index in [1.54, 1.807) is 19.9 Å². The number of amides is 1. The molecule has 0 aliphatic heterocycles. The molecule has 0 aliphatic carbocycles. The zero-order chi connectivity index (χ0) is 16.6. The van der Waals surface area contributed by atoms with Crippen LogP contribution in [0.15, 0.2) is 34.1 Å². The molecule has 3 aromatic heterocycles. The Hall–Kier alpha value is -3.23. The van der Waals surface area contributed by atoms with Crippen molar-refractivity contribution in [2.45, 2.75) is 20.3 Å². The summed E-state index contributed by atoms with van der Waals surface area (Å²) in [7, 11) is 0. The van der Waals surface area contributed by atoms with Gasteiger partial charge in [-0.25, -0.2) is 14.6 Å². The van der Waals surface area contributed by atoms with E-state index in [1.807, 2.05) is 0 Å². The van der Waals surface area contributed by atoms with Gasteiger partial charge in [0, 0.05) is 24.9 Å². The van der Waals surface area contributed by atoms with Crippen molar-refractivity contribution >= 4 is 16.8 Å². The minimum Gasteiger partial charge on any atom is -0.287 e. The van der Waals surface area contributed by atoms with Crippen LogP contribution in [0.1, 0.15) is 19.0 Å². The van der Waals surface area contributed by atoms with E-state index in [9.17, 15) is 14.4 Å². The van der Waals surface area contributed by atoms with Gasteiger partial charge in [0.2, 0.25) is 5.91 Å². The number of carbonyl (C=O) groups is 1. The molecule has 0 saturated heterocycles. The highest BCUT2D eigenvalue weighted by Crippen LogP contribution is 2.10. The van der Waals surface area contributed by atoms with Crippen molar-refractivity contribution in [2.75, 3.05) is 5.43 Å².